The second-order valence-corrected chi connectivity index (χ2v) is 5.77. The topological polar surface area (TPSA) is 82.2 Å². The van der Waals surface area contributed by atoms with E-state index in [0.29, 0.717) is 17.9 Å². The Morgan fingerprint density at radius 3 is 2.64 bits per heavy atom. The summed E-state index contributed by atoms with van der Waals surface area (Å²) >= 11 is 0. The third-order valence-electron chi connectivity index (χ3n) is 3.75. The zero-order valence-electron chi connectivity index (χ0n) is 13.2. The van der Waals surface area contributed by atoms with Crippen molar-refractivity contribution in [2.75, 3.05) is 0 Å². The lowest BCUT2D eigenvalue weighted by atomic mass is 10.00. The highest BCUT2D eigenvalue weighted by molar-refractivity contribution is 5.97. The minimum Gasteiger partial charge on any atom is -0.477 e. The molecule has 0 fully saturated rings. The third kappa shape index (κ3) is 3.30. The highest BCUT2D eigenvalue weighted by Gasteiger charge is 2.18. The van der Waals surface area contributed by atoms with Crippen LogP contribution in [-0.4, -0.2) is 22.0 Å². The molecule has 118 valence electrons. The first kappa shape index (κ1) is 16.1. The van der Waals surface area contributed by atoms with Gasteiger partial charge in [0.05, 0.1) is 0 Å². The average molecular weight is 302 g/mol. The van der Waals surface area contributed by atoms with Crippen molar-refractivity contribution in [3.8, 4) is 0 Å². The maximum atomic E-state index is 11.7. The number of carboxylic acid groups (broad SMARTS) is 1. The Labute approximate surface area is 129 Å². The molecule has 0 bridgehead atoms. The Bertz CT molecular complexity index is 701. The first-order valence-electron chi connectivity index (χ1n) is 7.58. The molecule has 0 unspecified atom stereocenters. The monoisotopic (exact) mass is 302 g/mol. The van der Waals surface area contributed by atoms with Gasteiger partial charge in [-0.15, -0.1) is 0 Å². The molecule has 1 aromatic carbocycles. The van der Waals surface area contributed by atoms with E-state index in [4.69, 9.17) is 0 Å². The molecule has 3 N–H and O–H groups in total. The van der Waals surface area contributed by atoms with Gasteiger partial charge in [-0.1, -0.05) is 26.8 Å². The van der Waals surface area contributed by atoms with Crippen LogP contribution in [0.1, 0.15) is 61.1 Å². The van der Waals surface area contributed by atoms with Gasteiger partial charge in [0.15, 0.2) is 0 Å². The van der Waals surface area contributed by atoms with Crippen LogP contribution in [0.15, 0.2) is 18.2 Å². The third-order valence-corrected chi connectivity index (χ3v) is 3.75. The summed E-state index contributed by atoms with van der Waals surface area (Å²) in [5.41, 5.74) is 2.70. The number of hydrogen-bond acceptors (Lipinski definition) is 2. The molecule has 2 aromatic rings. The number of hydrogen-bond donors (Lipinski definition) is 3. The smallest absolute Gasteiger partial charge is 0.352 e. The highest BCUT2D eigenvalue weighted by atomic mass is 16.4. The van der Waals surface area contributed by atoms with Gasteiger partial charge in [-0.05, 0) is 30.0 Å². The van der Waals surface area contributed by atoms with E-state index < -0.39 is 5.97 Å². The van der Waals surface area contributed by atoms with Crippen molar-refractivity contribution < 1.29 is 14.7 Å². The minimum atomic E-state index is -1.01. The molecule has 22 heavy (non-hydrogen) atoms. The van der Waals surface area contributed by atoms with E-state index in [-0.39, 0.29) is 18.1 Å². The molecule has 1 heterocycles. The summed E-state index contributed by atoms with van der Waals surface area (Å²) in [6.07, 6.45) is 1.21. The number of carboxylic acids is 1. The molecule has 0 atom stereocenters. The van der Waals surface area contributed by atoms with E-state index in [0.717, 1.165) is 22.9 Å². The van der Waals surface area contributed by atoms with Crippen LogP contribution < -0.4 is 5.32 Å². The van der Waals surface area contributed by atoms with Gasteiger partial charge in [-0.3, -0.25) is 4.79 Å². The molecule has 2 rings (SSSR count). The fourth-order valence-corrected chi connectivity index (χ4v) is 2.49. The van der Waals surface area contributed by atoms with Gasteiger partial charge in [0.1, 0.15) is 5.69 Å². The highest BCUT2D eigenvalue weighted by Crippen LogP contribution is 2.26. The van der Waals surface area contributed by atoms with Crippen molar-refractivity contribution in [1.29, 1.82) is 0 Å². The van der Waals surface area contributed by atoms with Crippen molar-refractivity contribution in [1.82, 2.24) is 10.3 Å². The van der Waals surface area contributed by atoms with E-state index in [1.807, 2.05) is 25.1 Å². The maximum Gasteiger partial charge on any atom is 0.352 e. The molecule has 0 aliphatic rings. The van der Waals surface area contributed by atoms with Gasteiger partial charge in [-0.2, -0.15) is 0 Å². The van der Waals surface area contributed by atoms with Crippen molar-refractivity contribution in [3.63, 3.8) is 0 Å². The number of aromatic carboxylic acids is 1. The normalized spacial score (nSPS) is 11.1. The average Bonchev–Trinajstić information content (AvgIpc) is 2.83. The lowest BCUT2D eigenvalue weighted by Crippen LogP contribution is -2.23. The summed E-state index contributed by atoms with van der Waals surface area (Å²) in [6.45, 7) is 6.34. The van der Waals surface area contributed by atoms with Crippen molar-refractivity contribution >= 4 is 22.8 Å². The van der Waals surface area contributed by atoms with Gasteiger partial charge in [0, 0.05) is 29.4 Å². The summed E-state index contributed by atoms with van der Waals surface area (Å²) in [7, 11) is 0. The van der Waals surface area contributed by atoms with E-state index in [9.17, 15) is 14.7 Å². The molecule has 0 spiro atoms. The van der Waals surface area contributed by atoms with E-state index in [1.54, 1.807) is 0 Å². The Morgan fingerprint density at radius 1 is 1.32 bits per heavy atom. The molecule has 0 aliphatic heterocycles. The van der Waals surface area contributed by atoms with Gasteiger partial charge in [-0.25, -0.2) is 4.79 Å². The predicted molar refractivity (Wildman–Crippen MR) is 86.1 cm³/mol. The lowest BCUT2D eigenvalue weighted by Gasteiger charge is -2.07. The molecule has 1 amide bonds. The molecule has 0 radical (unpaired) electrons. The van der Waals surface area contributed by atoms with Crippen LogP contribution in [0.5, 0.6) is 0 Å². The molecule has 5 nitrogen and oxygen atoms in total. The number of rotatable bonds is 6. The predicted octanol–water partition coefficient (Wildman–Crippen LogP) is 3.41. The Morgan fingerprint density at radius 2 is 2.05 bits per heavy atom. The molecule has 0 saturated carbocycles. The van der Waals surface area contributed by atoms with Gasteiger partial charge < -0.3 is 15.4 Å². The number of aromatic nitrogens is 1. The van der Waals surface area contributed by atoms with E-state index in [2.05, 4.69) is 24.1 Å². The quantitative estimate of drug-likeness (QED) is 0.764. The van der Waals surface area contributed by atoms with Crippen molar-refractivity contribution in [2.45, 2.75) is 46.1 Å². The zero-order chi connectivity index (χ0) is 16.3. The van der Waals surface area contributed by atoms with Crippen LogP contribution >= 0.6 is 0 Å². The Hall–Kier alpha value is -2.30. The number of fused-ring (bicyclic) bond motifs is 1. The number of benzene rings is 1. The molecule has 1 aromatic heterocycles. The van der Waals surface area contributed by atoms with Crippen LogP contribution in [0.25, 0.3) is 10.9 Å². The molecular formula is C17H22N2O3. The van der Waals surface area contributed by atoms with Crippen LogP contribution in [0.2, 0.25) is 0 Å². The Kier molecular flexibility index (Phi) is 4.85. The summed E-state index contributed by atoms with van der Waals surface area (Å²) in [5, 5.41) is 13.0. The molecular weight excluding hydrogens is 280 g/mol. The van der Waals surface area contributed by atoms with Crippen LogP contribution in [-0.2, 0) is 11.3 Å². The number of H-pyrrole nitrogens is 1. The van der Waals surface area contributed by atoms with Crippen molar-refractivity contribution in [2.24, 2.45) is 0 Å². The molecule has 0 aliphatic carbocycles. The van der Waals surface area contributed by atoms with Gasteiger partial charge in [0.25, 0.3) is 0 Å². The SMILES string of the molecule is CCCC(=O)NCc1c(C(=O)O)[nH]c2ccc(C(C)C)cc12. The number of aromatic amines is 1. The number of nitrogens with one attached hydrogen (secondary N) is 2. The minimum absolute atomic E-state index is 0.0618. The van der Waals surface area contributed by atoms with Gasteiger partial charge in [0.2, 0.25) is 5.91 Å². The second-order valence-electron chi connectivity index (χ2n) is 5.77. The van der Waals surface area contributed by atoms with Crippen LogP contribution in [0, 0.1) is 0 Å². The standard InChI is InChI=1S/C17H22N2O3/c1-4-5-15(20)18-9-13-12-8-11(10(2)3)6-7-14(12)19-16(13)17(21)22/h6-8,10,19H,4-5,9H2,1-3H3,(H,18,20)(H,21,22). The van der Waals surface area contributed by atoms with E-state index >= 15 is 0 Å². The second kappa shape index (κ2) is 6.64. The van der Waals surface area contributed by atoms with Gasteiger partial charge >= 0.3 is 5.97 Å². The van der Waals surface area contributed by atoms with Crippen LogP contribution in [0.4, 0.5) is 0 Å². The van der Waals surface area contributed by atoms with Crippen LogP contribution in [0.3, 0.4) is 0 Å². The molecule has 0 saturated heterocycles. The summed E-state index contributed by atoms with van der Waals surface area (Å²) < 4.78 is 0. The molecule has 5 heteroatoms. The van der Waals surface area contributed by atoms with E-state index in [1.165, 1.54) is 0 Å². The largest absolute Gasteiger partial charge is 0.477 e. The fourth-order valence-electron chi connectivity index (χ4n) is 2.49. The first-order valence-corrected chi connectivity index (χ1v) is 7.58. The first-order chi connectivity index (χ1) is 10.4. The number of carbonyl (C=O) groups excluding carboxylic acids is 1. The summed E-state index contributed by atoms with van der Waals surface area (Å²) in [4.78, 5) is 26.0. The Balaban J connectivity index is 2.43. The summed E-state index contributed by atoms with van der Waals surface area (Å²) in [6, 6.07) is 5.90. The number of amides is 1. The lowest BCUT2D eigenvalue weighted by molar-refractivity contribution is -0.121. The zero-order valence-corrected chi connectivity index (χ0v) is 13.2. The maximum absolute atomic E-state index is 11.7. The summed E-state index contributed by atoms with van der Waals surface area (Å²) in [5.74, 6) is -0.717. The van der Waals surface area contributed by atoms with Crippen molar-refractivity contribution in [3.05, 3.63) is 35.0 Å². The fraction of sp³-hybridized carbons (Fsp3) is 0.412. The number of carbonyl (C=O) groups is 2.